The van der Waals surface area contributed by atoms with Crippen molar-refractivity contribution in [3.05, 3.63) is 82.4 Å². The summed E-state index contributed by atoms with van der Waals surface area (Å²) in [5.41, 5.74) is 1.40. The van der Waals surface area contributed by atoms with Crippen LogP contribution < -0.4 is 29.2 Å². The van der Waals surface area contributed by atoms with Gasteiger partial charge in [0.15, 0.2) is 11.5 Å². The number of anilines is 1. The summed E-state index contributed by atoms with van der Waals surface area (Å²) in [6.45, 7) is 0.315. The zero-order chi connectivity index (χ0) is 26.5. The van der Waals surface area contributed by atoms with Gasteiger partial charge in [-0.25, -0.2) is 9.69 Å². The fourth-order valence-corrected chi connectivity index (χ4v) is 3.81. The van der Waals surface area contributed by atoms with Gasteiger partial charge in [-0.05, 0) is 65.7 Å². The minimum absolute atomic E-state index is 0.239. The van der Waals surface area contributed by atoms with E-state index >= 15 is 0 Å². The van der Waals surface area contributed by atoms with Gasteiger partial charge in [-0.15, -0.1) is 0 Å². The number of imide groups is 2. The monoisotopic (exact) mass is 522 g/mol. The molecular formula is C27H23ClN2O7. The summed E-state index contributed by atoms with van der Waals surface area (Å²) in [6.07, 6.45) is 1.35. The second kappa shape index (κ2) is 11.0. The Balaban J connectivity index is 1.57. The number of halogens is 1. The quantitative estimate of drug-likeness (QED) is 0.340. The highest BCUT2D eigenvalue weighted by Crippen LogP contribution is 2.39. The Hall–Kier alpha value is -4.50. The van der Waals surface area contributed by atoms with Crippen LogP contribution >= 0.6 is 11.6 Å². The van der Waals surface area contributed by atoms with Crippen LogP contribution in [0.25, 0.3) is 6.08 Å². The molecule has 1 saturated heterocycles. The summed E-state index contributed by atoms with van der Waals surface area (Å²) in [4.78, 5) is 39.3. The van der Waals surface area contributed by atoms with E-state index < -0.39 is 17.8 Å². The predicted molar refractivity (Wildman–Crippen MR) is 137 cm³/mol. The average Bonchev–Trinajstić information content (AvgIpc) is 2.90. The number of hydrogen-bond donors (Lipinski definition) is 1. The second-order valence-corrected chi connectivity index (χ2v) is 8.26. The standard InChI is InChI=1S/C27H23ClN2O7/c1-34-22-13-17(14-23(35-2)24(22)36-3)12-21-25(31)29-27(33)30(26(21)32)19-8-10-20(11-9-19)37-15-16-4-6-18(28)7-5-16/h4-14H,15H2,1-3H3,(H,29,31,33)/b21-12+. The highest BCUT2D eigenvalue weighted by molar-refractivity contribution is 6.39. The molecule has 0 unspecified atom stereocenters. The number of urea groups is 1. The van der Waals surface area contributed by atoms with Crippen LogP contribution in [0.15, 0.2) is 66.2 Å². The van der Waals surface area contributed by atoms with Crippen molar-refractivity contribution < 1.29 is 33.3 Å². The number of amides is 4. The van der Waals surface area contributed by atoms with Crippen LogP contribution in [0.4, 0.5) is 10.5 Å². The number of rotatable bonds is 8. The lowest BCUT2D eigenvalue weighted by Crippen LogP contribution is -2.54. The van der Waals surface area contributed by atoms with E-state index in [4.69, 9.17) is 30.5 Å². The van der Waals surface area contributed by atoms with Gasteiger partial charge in [0.1, 0.15) is 17.9 Å². The van der Waals surface area contributed by atoms with Crippen molar-refractivity contribution in [2.45, 2.75) is 6.61 Å². The summed E-state index contributed by atoms with van der Waals surface area (Å²) in [6, 6.07) is 15.9. The topological polar surface area (TPSA) is 103 Å². The molecule has 0 aliphatic carbocycles. The number of ether oxygens (including phenoxy) is 4. The van der Waals surface area contributed by atoms with E-state index in [-0.39, 0.29) is 11.3 Å². The van der Waals surface area contributed by atoms with Gasteiger partial charge in [0.25, 0.3) is 11.8 Å². The zero-order valence-corrected chi connectivity index (χ0v) is 21.0. The number of methoxy groups -OCH3 is 3. The molecule has 0 radical (unpaired) electrons. The molecule has 37 heavy (non-hydrogen) atoms. The van der Waals surface area contributed by atoms with Crippen LogP contribution in [0.1, 0.15) is 11.1 Å². The van der Waals surface area contributed by atoms with Crippen molar-refractivity contribution in [1.82, 2.24) is 5.32 Å². The number of nitrogens with zero attached hydrogens (tertiary/aromatic N) is 1. The molecule has 0 bridgehead atoms. The lowest BCUT2D eigenvalue weighted by atomic mass is 10.1. The smallest absolute Gasteiger partial charge is 0.335 e. The van der Waals surface area contributed by atoms with E-state index in [1.807, 2.05) is 12.1 Å². The van der Waals surface area contributed by atoms with E-state index in [0.29, 0.717) is 40.2 Å². The average molecular weight is 523 g/mol. The minimum Gasteiger partial charge on any atom is -0.493 e. The third-order valence-corrected chi connectivity index (χ3v) is 5.77. The predicted octanol–water partition coefficient (Wildman–Crippen LogP) is 4.61. The molecule has 1 N–H and O–H groups in total. The van der Waals surface area contributed by atoms with Gasteiger partial charge in [0.05, 0.1) is 27.0 Å². The van der Waals surface area contributed by atoms with Gasteiger partial charge in [-0.2, -0.15) is 0 Å². The first kappa shape index (κ1) is 25.6. The van der Waals surface area contributed by atoms with Crippen molar-refractivity contribution in [2.75, 3.05) is 26.2 Å². The van der Waals surface area contributed by atoms with Crippen LogP contribution in [0.5, 0.6) is 23.0 Å². The van der Waals surface area contributed by atoms with Crippen molar-refractivity contribution in [1.29, 1.82) is 0 Å². The van der Waals surface area contributed by atoms with Gasteiger partial charge in [-0.1, -0.05) is 23.7 Å². The first-order chi connectivity index (χ1) is 17.8. The van der Waals surface area contributed by atoms with Gasteiger partial charge in [0, 0.05) is 5.02 Å². The zero-order valence-electron chi connectivity index (χ0n) is 20.2. The lowest BCUT2D eigenvalue weighted by Gasteiger charge is -2.26. The van der Waals surface area contributed by atoms with E-state index in [1.54, 1.807) is 48.5 Å². The van der Waals surface area contributed by atoms with Crippen LogP contribution in [0.2, 0.25) is 5.02 Å². The van der Waals surface area contributed by atoms with Crippen molar-refractivity contribution in [3.63, 3.8) is 0 Å². The Kier molecular flexibility index (Phi) is 7.64. The molecular weight excluding hydrogens is 500 g/mol. The van der Waals surface area contributed by atoms with Crippen molar-refractivity contribution >= 4 is 41.2 Å². The maximum Gasteiger partial charge on any atom is 0.335 e. The molecule has 0 atom stereocenters. The first-order valence-electron chi connectivity index (χ1n) is 11.0. The molecule has 0 aromatic heterocycles. The van der Waals surface area contributed by atoms with Gasteiger partial charge >= 0.3 is 6.03 Å². The molecule has 4 amide bonds. The van der Waals surface area contributed by atoms with Crippen LogP contribution in [0, 0.1) is 0 Å². The Morgan fingerprint density at radius 2 is 1.49 bits per heavy atom. The molecule has 190 valence electrons. The molecule has 4 rings (SSSR count). The maximum atomic E-state index is 13.3. The number of nitrogens with one attached hydrogen (secondary N) is 1. The van der Waals surface area contributed by atoms with Gasteiger partial charge in [0.2, 0.25) is 5.75 Å². The molecule has 0 saturated carbocycles. The molecule has 1 aliphatic rings. The fraction of sp³-hybridized carbons (Fsp3) is 0.148. The lowest BCUT2D eigenvalue weighted by molar-refractivity contribution is -0.122. The Morgan fingerprint density at radius 3 is 2.05 bits per heavy atom. The van der Waals surface area contributed by atoms with Gasteiger partial charge in [-0.3, -0.25) is 14.9 Å². The minimum atomic E-state index is -0.855. The largest absolute Gasteiger partial charge is 0.493 e. The molecule has 3 aromatic rings. The number of carbonyl (C=O) groups is 3. The number of carbonyl (C=O) groups excluding carboxylic acids is 3. The second-order valence-electron chi connectivity index (χ2n) is 7.83. The van der Waals surface area contributed by atoms with E-state index in [0.717, 1.165) is 10.5 Å². The van der Waals surface area contributed by atoms with Crippen molar-refractivity contribution in [3.8, 4) is 23.0 Å². The summed E-state index contributed by atoms with van der Waals surface area (Å²) in [7, 11) is 4.37. The number of barbiturate groups is 1. The molecule has 9 nitrogen and oxygen atoms in total. The molecule has 10 heteroatoms. The summed E-state index contributed by atoms with van der Waals surface area (Å²) in [5, 5.41) is 2.84. The SMILES string of the molecule is COc1cc(/C=C2\C(=O)NC(=O)N(c3ccc(OCc4ccc(Cl)cc4)cc3)C2=O)cc(OC)c1OC. The third-order valence-electron chi connectivity index (χ3n) is 5.51. The molecule has 3 aromatic carbocycles. The molecule has 1 fully saturated rings. The highest BCUT2D eigenvalue weighted by Gasteiger charge is 2.37. The van der Waals surface area contributed by atoms with E-state index in [1.165, 1.54) is 27.4 Å². The third kappa shape index (κ3) is 5.52. The Bertz CT molecular complexity index is 1340. The Morgan fingerprint density at radius 1 is 0.865 bits per heavy atom. The molecule has 1 heterocycles. The van der Waals surface area contributed by atoms with Crippen LogP contribution in [-0.2, 0) is 16.2 Å². The van der Waals surface area contributed by atoms with Crippen LogP contribution in [0.3, 0.4) is 0 Å². The van der Waals surface area contributed by atoms with Crippen LogP contribution in [-0.4, -0.2) is 39.2 Å². The Labute approximate surface area is 218 Å². The normalized spacial score (nSPS) is 14.4. The number of hydrogen-bond acceptors (Lipinski definition) is 7. The number of benzene rings is 3. The van der Waals surface area contributed by atoms with E-state index in [9.17, 15) is 14.4 Å². The summed E-state index contributed by atoms with van der Waals surface area (Å²) in [5.74, 6) is -0.00573. The molecule has 1 aliphatic heterocycles. The molecule has 0 spiro atoms. The highest BCUT2D eigenvalue weighted by atomic mass is 35.5. The summed E-state index contributed by atoms with van der Waals surface area (Å²) >= 11 is 5.90. The van der Waals surface area contributed by atoms with Crippen molar-refractivity contribution in [2.24, 2.45) is 0 Å². The maximum absolute atomic E-state index is 13.3. The van der Waals surface area contributed by atoms with E-state index in [2.05, 4.69) is 5.32 Å². The first-order valence-corrected chi connectivity index (χ1v) is 11.4. The summed E-state index contributed by atoms with van der Waals surface area (Å²) < 4.78 is 21.7. The van der Waals surface area contributed by atoms with Gasteiger partial charge < -0.3 is 18.9 Å². The fourth-order valence-electron chi connectivity index (χ4n) is 3.68.